The second-order valence-corrected chi connectivity index (χ2v) is 6.44. The number of fused-ring (bicyclic) bond motifs is 1. The Morgan fingerprint density at radius 3 is 2.92 bits per heavy atom. The molecule has 0 aromatic rings. The second-order valence-electron chi connectivity index (χ2n) is 6.44. The van der Waals surface area contributed by atoms with E-state index in [1.165, 1.54) is 17.8 Å². The van der Waals surface area contributed by atoms with Crippen molar-refractivity contribution in [2.75, 3.05) is 20.6 Å². The third kappa shape index (κ3) is 3.52. The fourth-order valence-electron chi connectivity index (χ4n) is 3.14. The minimum Gasteiger partial charge on any atom is -0.338 e. The van der Waals surface area contributed by atoms with Crippen molar-refractivity contribution in [2.24, 2.45) is 16.8 Å². The Kier molecular flexibility index (Phi) is 4.78. The van der Waals surface area contributed by atoms with E-state index in [0.717, 1.165) is 24.2 Å². The van der Waals surface area contributed by atoms with Crippen molar-refractivity contribution in [1.82, 2.24) is 15.5 Å². The fraction of sp³-hybridized carbons (Fsp3) is 0.471. The largest absolute Gasteiger partial charge is 0.445 e. The molecule has 3 rings (SSSR count). The summed E-state index contributed by atoms with van der Waals surface area (Å²) in [6, 6.07) is -0.741. The molecule has 2 atom stereocenters. The number of amides is 5. The van der Waals surface area contributed by atoms with Crippen molar-refractivity contribution in [3.63, 3.8) is 0 Å². The highest BCUT2D eigenvalue weighted by Gasteiger charge is 2.44. The molecule has 2 heterocycles. The first-order valence-electron chi connectivity index (χ1n) is 8.35. The van der Waals surface area contributed by atoms with Gasteiger partial charge < -0.3 is 10.6 Å². The van der Waals surface area contributed by atoms with E-state index in [4.69, 9.17) is 0 Å². The van der Waals surface area contributed by atoms with Gasteiger partial charge in [-0.3, -0.25) is 4.79 Å². The van der Waals surface area contributed by atoms with Crippen LogP contribution in [0.1, 0.15) is 19.3 Å². The highest BCUT2D eigenvalue weighted by Crippen LogP contribution is 2.19. The Morgan fingerprint density at radius 2 is 2.20 bits per heavy atom. The Labute approximate surface area is 146 Å². The standard InChI is InChI=1S/C17H21N5O3/c1-21-14-13(15(23)22(2)17(21)25)8-12(10-18-14)20-16(24)19-9-11-6-4-3-5-7-11/h3-4,8,10-11,13H,5-7,9H2,1-2H3,(H-,19,20,24)/p+1. The summed E-state index contributed by atoms with van der Waals surface area (Å²) in [4.78, 5) is 41.5. The van der Waals surface area contributed by atoms with E-state index in [0.29, 0.717) is 24.0 Å². The fourth-order valence-corrected chi connectivity index (χ4v) is 3.14. The van der Waals surface area contributed by atoms with Crippen molar-refractivity contribution in [3.8, 4) is 0 Å². The summed E-state index contributed by atoms with van der Waals surface area (Å²) in [7, 11) is 3.01. The van der Waals surface area contributed by atoms with Crippen LogP contribution in [-0.4, -0.2) is 60.1 Å². The van der Waals surface area contributed by atoms with Crippen molar-refractivity contribution < 1.29 is 19.0 Å². The second kappa shape index (κ2) is 7.00. The minimum absolute atomic E-state index is 0.322. The van der Waals surface area contributed by atoms with E-state index in [-0.39, 0.29) is 11.9 Å². The predicted molar refractivity (Wildman–Crippen MR) is 92.4 cm³/mol. The number of nitrogens with zero attached hydrogens (tertiary/aromatic N) is 3. The van der Waals surface area contributed by atoms with E-state index in [2.05, 4.69) is 27.8 Å². The lowest BCUT2D eigenvalue weighted by molar-refractivity contribution is -0.407. The molecule has 2 aliphatic heterocycles. The number of hydrogen-bond acceptors (Lipinski definition) is 4. The molecule has 0 radical (unpaired) electrons. The number of hydrogen-bond donors (Lipinski definition) is 2. The molecule has 0 saturated carbocycles. The Hall–Kier alpha value is -2.77. The van der Waals surface area contributed by atoms with Crippen molar-refractivity contribution in [3.05, 3.63) is 23.9 Å². The summed E-state index contributed by atoms with van der Waals surface area (Å²) in [6.45, 7) is 0.611. The monoisotopic (exact) mass is 344 g/mol. The molecule has 0 fully saturated rings. The zero-order valence-corrected chi connectivity index (χ0v) is 14.4. The molecule has 0 aromatic heterocycles. The molecule has 25 heavy (non-hydrogen) atoms. The summed E-state index contributed by atoms with van der Waals surface area (Å²) < 4.78 is 1.34. The normalized spacial score (nSPS) is 25.7. The molecular formula is C17H22N5O3+. The third-order valence-electron chi connectivity index (χ3n) is 4.66. The van der Waals surface area contributed by atoms with Gasteiger partial charge in [0.25, 0.3) is 5.84 Å². The molecular weight excluding hydrogens is 322 g/mol. The van der Waals surface area contributed by atoms with Gasteiger partial charge in [-0.1, -0.05) is 12.2 Å². The molecule has 1 aliphatic carbocycles. The maximum Gasteiger partial charge on any atom is 0.445 e. The van der Waals surface area contributed by atoms with Crippen LogP contribution in [0.2, 0.25) is 0 Å². The molecule has 8 heteroatoms. The van der Waals surface area contributed by atoms with Crippen LogP contribution >= 0.6 is 0 Å². The van der Waals surface area contributed by atoms with Gasteiger partial charge in [0.2, 0.25) is 0 Å². The van der Waals surface area contributed by atoms with Gasteiger partial charge in [0.15, 0.2) is 5.92 Å². The number of aliphatic imine (C=N–C) groups is 1. The number of imide groups is 1. The van der Waals surface area contributed by atoms with Crippen molar-refractivity contribution >= 4 is 30.0 Å². The van der Waals surface area contributed by atoms with E-state index in [1.807, 2.05) is 0 Å². The molecule has 0 saturated heterocycles. The highest BCUT2D eigenvalue weighted by atomic mass is 16.2. The average Bonchev–Trinajstić information content (AvgIpc) is 2.64. The molecule has 2 unspecified atom stereocenters. The zero-order valence-electron chi connectivity index (χ0n) is 14.4. The van der Waals surface area contributed by atoms with Gasteiger partial charge in [-0.05, 0) is 31.3 Å². The lowest BCUT2D eigenvalue weighted by Gasteiger charge is -2.24. The zero-order chi connectivity index (χ0) is 18.0. The van der Waals surface area contributed by atoms with Crippen LogP contribution in [0, 0.1) is 11.8 Å². The van der Waals surface area contributed by atoms with Crippen LogP contribution in [0.25, 0.3) is 0 Å². The molecule has 5 amide bonds. The van der Waals surface area contributed by atoms with Crippen LogP contribution in [0.15, 0.2) is 28.9 Å². The quantitative estimate of drug-likeness (QED) is 0.587. The molecule has 0 aromatic carbocycles. The summed E-state index contributed by atoms with van der Waals surface area (Å²) >= 11 is 0. The van der Waals surface area contributed by atoms with Gasteiger partial charge in [0, 0.05) is 6.54 Å². The molecule has 2 N–H and O–H groups in total. The van der Waals surface area contributed by atoms with E-state index < -0.39 is 11.9 Å². The highest BCUT2D eigenvalue weighted by molar-refractivity contribution is 6.15. The molecule has 3 aliphatic rings. The SMILES string of the molecule is CN1C(=O)C2C=C(NC(=O)NCC3CC=CCC3)C=NC2=[N+](C)C1=O. The van der Waals surface area contributed by atoms with Gasteiger partial charge in [-0.2, -0.15) is 9.48 Å². The van der Waals surface area contributed by atoms with Gasteiger partial charge in [-0.15, -0.1) is 4.99 Å². The topological polar surface area (TPSA) is 93.9 Å². The first-order valence-corrected chi connectivity index (χ1v) is 8.35. The van der Waals surface area contributed by atoms with Crippen LogP contribution < -0.4 is 10.6 Å². The van der Waals surface area contributed by atoms with Crippen molar-refractivity contribution in [1.29, 1.82) is 0 Å². The smallest absolute Gasteiger partial charge is 0.338 e. The maximum atomic E-state index is 12.3. The minimum atomic E-state index is -0.670. The molecule has 0 spiro atoms. The van der Waals surface area contributed by atoms with E-state index >= 15 is 0 Å². The number of carbonyl (C=O) groups excluding carboxylic acids is 3. The van der Waals surface area contributed by atoms with Gasteiger partial charge >= 0.3 is 18.0 Å². The molecule has 132 valence electrons. The maximum absolute atomic E-state index is 12.3. The predicted octanol–water partition coefficient (Wildman–Crippen LogP) is 0.859. The third-order valence-corrected chi connectivity index (χ3v) is 4.66. The molecule has 0 bridgehead atoms. The number of nitrogens with one attached hydrogen (secondary N) is 2. The Balaban J connectivity index is 1.62. The van der Waals surface area contributed by atoms with Gasteiger partial charge in [0.1, 0.15) is 6.21 Å². The number of rotatable bonds is 3. The van der Waals surface area contributed by atoms with Crippen LogP contribution in [0.3, 0.4) is 0 Å². The van der Waals surface area contributed by atoms with Crippen LogP contribution in [0.5, 0.6) is 0 Å². The summed E-state index contributed by atoms with van der Waals surface area (Å²) in [6.07, 6.45) is 10.5. The number of dihydropyridines is 1. The Bertz CT molecular complexity index is 735. The molecule has 8 nitrogen and oxygen atoms in total. The van der Waals surface area contributed by atoms with Crippen molar-refractivity contribution in [2.45, 2.75) is 19.3 Å². The van der Waals surface area contributed by atoms with Crippen LogP contribution in [0.4, 0.5) is 9.59 Å². The number of carbonyl (C=O) groups is 3. The first-order chi connectivity index (χ1) is 12.0. The number of allylic oxidation sites excluding steroid dienone is 3. The summed E-state index contributed by atoms with van der Waals surface area (Å²) in [5.74, 6) is -0.203. The average molecular weight is 344 g/mol. The van der Waals surface area contributed by atoms with Crippen LogP contribution in [-0.2, 0) is 4.79 Å². The van der Waals surface area contributed by atoms with Gasteiger partial charge in [0.05, 0.1) is 19.8 Å². The number of urea groups is 2. The number of amidine groups is 1. The van der Waals surface area contributed by atoms with Gasteiger partial charge in [-0.25, -0.2) is 9.59 Å². The first kappa shape index (κ1) is 17.1. The Morgan fingerprint density at radius 1 is 1.40 bits per heavy atom. The summed E-state index contributed by atoms with van der Waals surface area (Å²) in [5.41, 5.74) is 0.444. The van der Waals surface area contributed by atoms with E-state index in [9.17, 15) is 14.4 Å². The lowest BCUT2D eigenvalue weighted by Crippen LogP contribution is -2.52. The lowest BCUT2D eigenvalue weighted by atomic mass is 9.94. The summed E-state index contributed by atoms with van der Waals surface area (Å²) in [5, 5.41) is 5.56. The van der Waals surface area contributed by atoms with E-state index in [1.54, 1.807) is 13.1 Å².